The quantitative estimate of drug-likeness (QED) is 0.517. The van der Waals surface area contributed by atoms with Gasteiger partial charge in [0, 0.05) is 35.3 Å². The van der Waals surface area contributed by atoms with Gasteiger partial charge in [-0.25, -0.2) is 5.01 Å². The molecule has 1 heterocycles. The Morgan fingerprint density at radius 3 is 2.50 bits per heavy atom. The van der Waals surface area contributed by atoms with Crippen LogP contribution in [-0.2, 0) is 9.59 Å². The van der Waals surface area contributed by atoms with Crippen LogP contribution in [0.15, 0.2) is 52.0 Å². The van der Waals surface area contributed by atoms with E-state index in [-0.39, 0.29) is 11.9 Å². The number of rotatable bonds is 3. The molecule has 0 unspecified atom stereocenters. The molecule has 0 spiro atoms. The Morgan fingerprint density at radius 2 is 1.88 bits per heavy atom. The predicted molar refractivity (Wildman–Crippen MR) is 103 cm³/mol. The van der Waals surface area contributed by atoms with Crippen LogP contribution in [0, 0.1) is 0 Å². The summed E-state index contributed by atoms with van der Waals surface area (Å²) < 4.78 is 6.24. The van der Waals surface area contributed by atoms with E-state index in [4.69, 9.17) is 16.3 Å². The number of esters is 1. The molecule has 2 aromatic carbocycles. The second kappa shape index (κ2) is 7.60. The van der Waals surface area contributed by atoms with E-state index in [1.165, 1.54) is 18.9 Å². The van der Waals surface area contributed by atoms with E-state index in [1.807, 2.05) is 24.3 Å². The lowest BCUT2D eigenvalue weighted by Crippen LogP contribution is -2.24. The van der Waals surface area contributed by atoms with Crippen molar-refractivity contribution in [2.75, 3.05) is 0 Å². The third-order valence-corrected chi connectivity index (χ3v) is 4.76. The van der Waals surface area contributed by atoms with E-state index in [2.05, 4.69) is 21.0 Å². The van der Waals surface area contributed by atoms with Gasteiger partial charge in [-0.05, 0) is 35.9 Å². The van der Waals surface area contributed by atoms with Gasteiger partial charge in [0.2, 0.25) is 5.91 Å². The molecule has 1 aliphatic heterocycles. The van der Waals surface area contributed by atoms with Crippen molar-refractivity contribution in [2.45, 2.75) is 26.3 Å². The van der Waals surface area contributed by atoms with Crippen LogP contribution in [0.1, 0.15) is 37.4 Å². The average molecular weight is 436 g/mol. The Morgan fingerprint density at radius 1 is 1.19 bits per heavy atom. The van der Waals surface area contributed by atoms with Gasteiger partial charge in [-0.3, -0.25) is 9.59 Å². The fraction of sp³-hybridized carbons (Fsp3) is 0.211. The summed E-state index contributed by atoms with van der Waals surface area (Å²) in [6, 6.07) is 12.5. The normalized spacial score (nSPS) is 16.4. The summed E-state index contributed by atoms with van der Waals surface area (Å²) in [5.74, 6) is -0.218. The first-order valence-corrected chi connectivity index (χ1v) is 9.13. The molecule has 134 valence electrons. The molecule has 3 rings (SSSR count). The maximum atomic E-state index is 12.1. The van der Waals surface area contributed by atoms with Crippen LogP contribution >= 0.6 is 27.5 Å². The van der Waals surface area contributed by atoms with Crippen molar-refractivity contribution in [1.29, 1.82) is 0 Å². The first kappa shape index (κ1) is 18.6. The second-order valence-electron chi connectivity index (χ2n) is 5.92. The van der Waals surface area contributed by atoms with Crippen molar-refractivity contribution in [2.24, 2.45) is 5.10 Å². The number of carbonyl (C=O) groups excluding carboxylic acids is 2. The lowest BCUT2D eigenvalue weighted by molar-refractivity contribution is -0.132. The van der Waals surface area contributed by atoms with Gasteiger partial charge < -0.3 is 4.74 Å². The molecular formula is C19H16BrClN2O3. The van der Waals surface area contributed by atoms with Crippen molar-refractivity contribution in [3.63, 3.8) is 0 Å². The molecule has 1 atom stereocenters. The zero-order valence-electron chi connectivity index (χ0n) is 14.2. The molecular weight excluding hydrogens is 420 g/mol. The lowest BCUT2D eigenvalue weighted by Gasteiger charge is -2.20. The molecule has 1 amide bonds. The number of hydrazone groups is 1. The van der Waals surface area contributed by atoms with Crippen LogP contribution in [0.4, 0.5) is 0 Å². The third kappa shape index (κ3) is 3.97. The van der Waals surface area contributed by atoms with Crippen molar-refractivity contribution in [3.8, 4) is 5.75 Å². The molecule has 26 heavy (non-hydrogen) atoms. The fourth-order valence-corrected chi connectivity index (χ4v) is 3.32. The van der Waals surface area contributed by atoms with E-state index < -0.39 is 5.97 Å². The first-order valence-electron chi connectivity index (χ1n) is 7.96. The molecule has 5 nitrogen and oxygen atoms in total. The van der Waals surface area contributed by atoms with E-state index in [0.29, 0.717) is 28.5 Å². The van der Waals surface area contributed by atoms with Gasteiger partial charge in [-0.15, -0.1) is 0 Å². The Balaban J connectivity index is 2.00. The van der Waals surface area contributed by atoms with Gasteiger partial charge in [0.25, 0.3) is 0 Å². The Bertz CT molecular complexity index is 896. The highest BCUT2D eigenvalue weighted by atomic mass is 79.9. The highest BCUT2D eigenvalue weighted by Crippen LogP contribution is 2.36. The Kier molecular flexibility index (Phi) is 5.44. The molecule has 2 aromatic rings. The van der Waals surface area contributed by atoms with Crippen molar-refractivity contribution < 1.29 is 14.3 Å². The molecule has 0 aliphatic carbocycles. The Labute approximate surface area is 164 Å². The highest BCUT2D eigenvalue weighted by Gasteiger charge is 2.32. The summed E-state index contributed by atoms with van der Waals surface area (Å²) in [7, 11) is 0. The number of carbonyl (C=O) groups is 2. The fourth-order valence-electron chi connectivity index (χ4n) is 2.88. The summed E-state index contributed by atoms with van der Waals surface area (Å²) in [6.45, 7) is 2.81. The van der Waals surface area contributed by atoms with Gasteiger partial charge in [0.1, 0.15) is 5.75 Å². The zero-order chi connectivity index (χ0) is 18.8. The minimum Gasteiger partial charge on any atom is -0.426 e. The summed E-state index contributed by atoms with van der Waals surface area (Å²) in [5.41, 5.74) is 2.23. The molecule has 0 aromatic heterocycles. The predicted octanol–water partition coefficient (Wildman–Crippen LogP) is 4.73. The first-order chi connectivity index (χ1) is 12.3. The lowest BCUT2D eigenvalue weighted by atomic mass is 9.98. The number of nitrogens with zero attached hydrogens (tertiary/aromatic N) is 2. The standard InChI is InChI=1S/C19H16BrClN2O3/c1-11(24)23-18(13-3-5-14(20)6-4-13)10-17(22-23)16-9-15(21)7-8-19(16)26-12(2)25/h3-9,18H,10H2,1-2H3/t18-/m0/s1. The van der Waals surface area contributed by atoms with E-state index in [0.717, 1.165) is 10.0 Å². The van der Waals surface area contributed by atoms with Crippen LogP contribution in [-0.4, -0.2) is 22.6 Å². The van der Waals surface area contributed by atoms with Crippen LogP contribution in [0.2, 0.25) is 5.02 Å². The van der Waals surface area contributed by atoms with Crippen LogP contribution < -0.4 is 4.74 Å². The van der Waals surface area contributed by atoms with Gasteiger partial charge in [0.05, 0.1) is 11.8 Å². The zero-order valence-corrected chi connectivity index (χ0v) is 16.5. The Hall–Kier alpha value is -2.18. The monoisotopic (exact) mass is 434 g/mol. The molecule has 1 aliphatic rings. The van der Waals surface area contributed by atoms with Crippen molar-refractivity contribution >= 4 is 45.1 Å². The molecule has 0 N–H and O–H groups in total. The number of ether oxygens (including phenoxy) is 1. The summed E-state index contributed by atoms with van der Waals surface area (Å²) >= 11 is 9.54. The molecule has 0 bridgehead atoms. The minimum absolute atomic E-state index is 0.163. The summed E-state index contributed by atoms with van der Waals surface area (Å²) in [4.78, 5) is 23.5. The topological polar surface area (TPSA) is 59.0 Å². The van der Waals surface area contributed by atoms with Gasteiger partial charge in [-0.1, -0.05) is 39.7 Å². The number of benzene rings is 2. The smallest absolute Gasteiger partial charge is 0.308 e. The summed E-state index contributed by atoms with van der Waals surface area (Å²) in [6.07, 6.45) is 0.496. The maximum absolute atomic E-state index is 12.1. The van der Waals surface area contributed by atoms with Crippen LogP contribution in [0.3, 0.4) is 0 Å². The van der Waals surface area contributed by atoms with E-state index >= 15 is 0 Å². The van der Waals surface area contributed by atoms with Crippen molar-refractivity contribution in [3.05, 3.63) is 63.1 Å². The summed E-state index contributed by atoms with van der Waals surface area (Å²) in [5, 5.41) is 6.44. The maximum Gasteiger partial charge on any atom is 0.308 e. The number of halogens is 2. The van der Waals surface area contributed by atoms with Crippen LogP contribution in [0.25, 0.3) is 0 Å². The minimum atomic E-state index is -0.431. The average Bonchev–Trinajstić information content (AvgIpc) is 3.02. The number of amides is 1. The van der Waals surface area contributed by atoms with Crippen molar-refractivity contribution in [1.82, 2.24) is 5.01 Å². The molecule has 0 radical (unpaired) electrons. The molecule has 7 heteroatoms. The van der Waals surface area contributed by atoms with Gasteiger partial charge >= 0.3 is 5.97 Å². The molecule has 0 saturated carbocycles. The molecule has 0 fully saturated rings. The largest absolute Gasteiger partial charge is 0.426 e. The van der Waals surface area contributed by atoms with E-state index in [1.54, 1.807) is 18.2 Å². The third-order valence-electron chi connectivity index (χ3n) is 3.99. The highest BCUT2D eigenvalue weighted by molar-refractivity contribution is 9.10. The van der Waals surface area contributed by atoms with Crippen LogP contribution in [0.5, 0.6) is 5.75 Å². The van der Waals surface area contributed by atoms with Gasteiger partial charge in [0.15, 0.2) is 0 Å². The van der Waals surface area contributed by atoms with Gasteiger partial charge in [-0.2, -0.15) is 5.10 Å². The second-order valence-corrected chi connectivity index (χ2v) is 7.27. The number of hydrogen-bond acceptors (Lipinski definition) is 4. The molecule has 0 saturated heterocycles. The number of hydrogen-bond donors (Lipinski definition) is 0. The SMILES string of the molecule is CC(=O)Oc1ccc(Cl)cc1C1=NN(C(C)=O)[C@H](c2ccc(Br)cc2)C1. The van der Waals surface area contributed by atoms with E-state index in [9.17, 15) is 9.59 Å².